The van der Waals surface area contributed by atoms with Gasteiger partial charge in [-0.25, -0.2) is 0 Å². The molecule has 2 N–H and O–H groups in total. The van der Waals surface area contributed by atoms with Crippen molar-refractivity contribution in [1.82, 2.24) is 0 Å². The molecule has 156 valence electrons. The Balaban J connectivity index is 1.55. The first-order chi connectivity index (χ1) is 12.7. The van der Waals surface area contributed by atoms with Crippen LogP contribution >= 0.6 is 0 Å². The first-order valence-electron chi connectivity index (χ1n) is 10.8. The van der Waals surface area contributed by atoms with E-state index in [4.69, 9.17) is 18.9 Å². The van der Waals surface area contributed by atoms with Gasteiger partial charge in [-0.15, -0.1) is 0 Å². The summed E-state index contributed by atoms with van der Waals surface area (Å²) in [5, 5.41) is 22.1. The van der Waals surface area contributed by atoms with Crippen LogP contribution in [0.1, 0.15) is 72.6 Å². The molecule has 0 amide bonds. The van der Waals surface area contributed by atoms with Gasteiger partial charge >= 0.3 is 0 Å². The number of ether oxygens (including phenoxy) is 4. The van der Waals surface area contributed by atoms with Gasteiger partial charge in [-0.2, -0.15) is 0 Å². The normalized spacial score (nSPS) is 42.7. The third kappa shape index (κ3) is 3.58. The molecule has 6 atom stereocenters. The molecular weight excluding hydrogens is 348 g/mol. The summed E-state index contributed by atoms with van der Waals surface area (Å²) in [6, 6.07) is 0. The molecule has 0 aromatic carbocycles. The lowest BCUT2D eigenvalue weighted by Gasteiger charge is -2.38. The molecule has 2 heterocycles. The molecule has 2 saturated carbocycles. The summed E-state index contributed by atoms with van der Waals surface area (Å²) >= 11 is 0. The minimum atomic E-state index is -0.856. The molecule has 0 bridgehead atoms. The summed E-state index contributed by atoms with van der Waals surface area (Å²) in [6.45, 7) is 8.55. The van der Waals surface area contributed by atoms with Crippen molar-refractivity contribution < 1.29 is 29.2 Å². The van der Waals surface area contributed by atoms with Crippen molar-refractivity contribution in [2.75, 3.05) is 0 Å². The van der Waals surface area contributed by atoms with Gasteiger partial charge in [-0.3, -0.25) is 0 Å². The lowest BCUT2D eigenvalue weighted by Crippen LogP contribution is -2.61. The summed E-state index contributed by atoms with van der Waals surface area (Å²) in [6.07, 6.45) is 2.40. The molecule has 0 unspecified atom stereocenters. The Labute approximate surface area is 162 Å². The van der Waals surface area contributed by atoms with Crippen molar-refractivity contribution >= 4 is 0 Å². The van der Waals surface area contributed by atoms with Crippen LogP contribution < -0.4 is 0 Å². The SMILES string of the molecule is CC(C)CC1(CC(C)C)O[C@@H]2[C@@H](O)[C@@H]3OC4(CCCCC4)O[C@H]3[C@H](O)[C@@H]2O1. The second kappa shape index (κ2) is 7.22. The van der Waals surface area contributed by atoms with E-state index in [1.54, 1.807) is 0 Å². The average Bonchev–Trinajstić information content (AvgIpc) is 3.12. The van der Waals surface area contributed by atoms with Crippen LogP contribution in [0.4, 0.5) is 0 Å². The quantitative estimate of drug-likeness (QED) is 0.776. The van der Waals surface area contributed by atoms with E-state index in [2.05, 4.69) is 27.7 Å². The predicted octanol–water partition coefficient (Wildman–Crippen LogP) is 2.74. The van der Waals surface area contributed by atoms with Gasteiger partial charge in [0.1, 0.15) is 36.6 Å². The van der Waals surface area contributed by atoms with E-state index in [0.717, 1.165) is 38.5 Å². The zero-order valence-corrected chi connectivity index (χ0v) is 17.1. The Hall–Kier alpha value is -0.240. The first-order valence-corrected chi connectivity index (χ1v) is 10.8. The largest absolute Gasteiger partial charge is 0.387 e. The molecule has 4 fully saturated rings. The molecule has 2 saturated heterocycles. The fourth-order valence-electron chi connectivity index (χ4n) is 5.59. The van der Waals surface area contributed by atoms with Crippen molar-refractivity contribution in [3.8, 4) is 0 Å². The fourth-order valence-corrected chi connectivity index (χ4v) is 5.59. The Kier molecular flexibility index (Phi) is 5.36. The number of aliphatic hydroxyl groups excluding tert-OH is 2. The Morgan fingerprint density at radius 1 is 0.704 bits per heavy atom. The van der Waals surface area contributed by atoms with Gasteiger partial charge in [-0.1, -0.05) is 34.1 Å². The van der Waals surface area contributed by atoms with E-state index in [1.807, 2.05) is 0 Å². The van der Waals surface area contributed by atoms with Crippen LogP contribution in [-0.2, 0) is 18.9 Å². The van der Waals surface area contributed by atoms with E-state index in [9.17, 15) is 10.2 Å². The molecule has 4 rings (SSSR count). The number of aliphatic hydroxyl groups is 2. The predicted molar refractivity (Wildman–Crippen MR) is 99.0 cm³/mol. The van der Waals surface area contributed by atoms with Gasteiger partial charge in [0.15, 0.2) is 11.6 Å². The van der Waals surface area contributed by atoms with Crippen molar-refractivity contribution in [3.63, 3.8) is 0 Å². The maximum Gasteiger partial charge on any atom is 0.170 e. The third-order valence-corrected chi connectivity index (χ3v) is 6.45. The zero-order valence-electron chi connectivity index (χ0n) is 17.1. The third-order valence-electron chi connectivity index (χ3n) is 6.45. The van der Waals surface area contributed by atoms with Crippen LogP contribution in [0.25, 0.3) is 0 Å². The molecule has 4 aliphatic rings. The van der Waals surface area contributed by atoms with Crippen LogP contribution in [0.3, 0.4) is 0 Å². The highest BCUT2D eigenvalue weighted by Crippen LogP contribution is 2.50. The molecule has 27 heavy (non-hydrogen) atoms. The molecule has 0 radical (unpaired) electrons. The monoisotopic (exact) mass is 384 g/mol. The maximum atomic E-state index is 11.1. The van der Waals surface area contributed by atoms with Crippen molar-refractivity contribution in [3.05, 3.63) is 0 Å². The van der Waals surface area contributed by atoms with Gasteiger partial charge in [0.05, 0.1) is 0 Å². The molecule has 6 nitrogen and oxygen atoms in total. The molecule has 2 aliphatic carbocycles. The van der Waals surface area contributed by atoms with Gasteiger partial charge in [0, 0.05) is 25.7 Å². The molecule has 1 spiro atoms. The minimum Gasteiger partial charge on any atom is -0.387 e. The van der Waals surface area contributed by atoms with Crippen LogP contribution in [0.2, 0.25) is 0 Å². The second-order valence-corrected chi connectivity index (χ2v) is 9.89. The van der Waals surface area contributed by atoms with Crippen LogP contribution in [-0.4, -0.2) is 58.4 Å². The summed E-state index contributed by atoms with van der Waals surface area (Å²) in [4.78, 5) is 0. The Bertz CT molecular complexity index is 489. The highest BCUT2D eigenvalue weighted by atomic mass is 16.8. The van der Waals surface area contributed by atoms with Crippen molar-refractivity contribution in [2.45, 2.75) is 121 Å². The smallest absolute Gasteiger partial charge is 0.170 e. The molecule has 0 aromatic heterocycles. The minimum absolute atomic E-state index is 0.385. The highest BCUT2D eigenvalue weighted by Gasteiger charge is 2.65. The number of rotatable bonds is 4. The summed E-state index contributed by atoms with van der Waals surface area (Å²) in [5.74, 6) is -0.645. The first kappa shape index (κ1) is 20.0. The lowest BCUT2D eigenvalue weighted by atomic mass is 9.85. The molecule has 2 aliphatic heterocycles. The van der Waals surface area contributed by atoms with E-state index in [1.165, 1.54) is 6.42 Å². The van der Waals surface area contributed by atoms with Gasteiger partial charge in [0.2, 0.25) is 0 Å². The van der Waals surface area contributed by atoms with Gasteiger partial charge in [0.25, 0.3) is 0 Å². The number of hydrogen-bond acceptors (Lipinski definition) is 6. The van der Waals surface area contributed by atoms with E-state index in [0.29, 0.717) is 11.8 Å². The lowest BCUT2D eigenvalue weighted by molar-refractivity contribution is -0.224. The summed E-state index contributed by atoms with van der Waals surface area (Å²) in [5.41, 5.74) is 0. The van der Waals surface area contributed by atoms with E-state index >= 15 is 0 Å². The summed E-state index contributed by atoms with van der Waals surface area (Å²) < 4.78 is 25.2. The molecule has 6 heteroatoms. The van der Waals surface area contributed by atoms with Crippen LogP contribution in [0.5, 0.6) is 0 Å². The van der Waals surface area contributed by atoms with E-state index < -0.39 is 48.2 Å². The van der Waals surface area contributed by atoms with Crippen molar-refractivity contribution in [2.24, 2.45) is 11.8 Å². The molecule has 0 aromatic rings. The molecular formula is C21H36O6. The van der Waals surface area contributed by atoms with Crippen LogP contribution in [0.15, 0.2) is 0 Å². The van der Waals surface area contributed by atoms with Crippen LogP contribution in [0, 0.1) is 11.8 Å². The zero-order chi connectivity index (χ0) is 19.4. The van der Waals surface area contributed by atoms with Gasteiger partial charge < -0.3 is 29.2 Å². The average molecular weight is 385 g/mol. The topological polar surface area (TPSA) is 77.4 Å². The second-order valence-electron chi connectivity index (χ2n) is 9.89. The van der Waals surface area contributed by atoms with Gasteiger partial charge in [-0.05, 0) is 24.7 Å². The van der Waals surface area contributed by atoms with Crippen molar-refractivity contribution in [1.29, 1.82) is 0 Å². The maximum absolute atomic E-state index is 11.1. The highest BCUT2D eigenvalue weighted by molar-refractivity contribution is 5.09. The fraction of sp³-hybridized carbons (Fsp3) is 1.00. The summed E-state index contributed by atoms with van der Waals surface area (Å²) in [7, 11) is 0. The number of hydrogen-bond donors (Lipinski definition) is 2. The Morgan fingerprint density at radius 3 is 1.52 bits per heavy atom. The van der Waals surface area contributed by atoms with E-state index in [-0.39, 0.29) is 0 Å². The number of fused-ring (bicyclic) bond motifs is 2. The standard InChI is InChI=1S/C21H36O6/c1-12(2)10-21(11-13(3)4)26-18-14(22)16-17(15(23)19(18)27-21)25-20(24-16)8-6-5-7-9-20/h12-19,22-23H,5-11H2,1-4H3/t14-,15-,16-,17-,18-,19+/m0/s1. The Morgan fingerprint density at radius 2 is 1.11 bits per heavy atom.